The molecule has 1 aliphatic rings. The summed E-state index contributed by atoms with van der Waals surface area (Å²) in [5.74, 6) is -0.0996. The number of carbonyl (C=O) groups is 2. The Hall–Kier alpha value is -1.78. The minimum atomic E-state index is -0.103. The van der Waals surface area contributed by atoms with Crippen molar-refractivity contribution in [2.45, 2.75) is 39.2 Å². The van der Waals surface area contributed by atoms with Crippen LogP contribution in [-0.4, -0.2) is 35.8 Å². The first-order valence-corrected chi connectivity index (χ1v) is 7.23. The van der Waals surface area contributed by atoms with E-state index >= 15 is 0 Å². The fraction of sp³-hybridized carbons (Fsp3) is 0.600. The number of piperidine rings is 1. The predicted molar refractivity (Wildman–Crippen MR) is 75.2 cm³/mol. The third kappa shape index (κ3) is 3.40. The lowest BCUT2D eigenvalue weighted by molar-refractivity contribution is -0.126. The molecule has 0 spiro atoms. The Morgan fingerprint density at radius 3 is 3.00 bits per heavy atom. The van der Waals surface area contributed by atoms with Crippen molar-refractivity contribution in [1.82, 2.24) is 10.2 Å². The molecule has 20 heavy (non-hydrogen) atoms. The van der Waals surface area contributed by atoms with Crippen molar-refractivity contribution in [3.8, 4) is 0 Å². The maximum atomic E-state index is 12.2. The van der Waals surface area contributed by atoms with Crippen LogP contribution in [0.15, 0.2) is 23.0 Å². The number of rotatable bonds is 4. The Kier molecular flexibility index (Phi) is 4.82. The average Bonchev–Trinajstić information content (AvgIpc) is 3.00. The predicted octanol–water partition coefficient (Wildman–Crippen LogP) is 2.05. The average molecular weight is 278 g/mol. The molecule has 1 aromatic heterocycles. The van der Waals surface area contributed by atoms with Crippen molar-refractivity contribution >= 4 is 11.8 Å². The van der Waals surface area contributed by atoms with Crippen molar-refractivity contribution in [3.05, 3.63) is 24.2 Å². The Bertz CT molecular complexity index is 456. The van der Waals surface area contributed by atoms with Crippen LogP contribution in [0.2, 0.25) is 0 Å². The summed E-state index contributed by atoms with van der Waals surface area (Å²) < 4.78 is 4.94. The van der Waals surface area contributed by atoms with Gasteiger partial charge in [-0.15, -0.1) is 0 Å². The molecule has 110 valence electrons. The lowest BCUT2D eigenvalue weighted by atomic mass is 9.96. The fourth-order valence-corrected chi connectivity index (χ4v) is 2.41. The zero-order valence-corrected chi connectivity index (χ0v) is 12.1. The van der Waals surface area contributed by atoms with E-state index in [4.69, 9.17) is 4.42 Å². The molecule has 0 aromatic carbocycles. The van der Waals surface area contributed by atoms with Crippen LogP contribution in [-0.2, 0) is 4.79 Å². The molecule has 2 heterocycles. The van der Waals surface area contributed by atoms with E-state index in [-0.39, 0.29) is 23.8 Å². The molecule has 0 unspecified atom stereocenters. The summed E-state index contributed by atoms with van der Waals surface area (Å²) in [6.45, 7) is 5.24. The topological polar surface area (TPSA) is 62.6 Å². The maximum absolute atomic E-state index is 12.2. The molecule has 1 N–H and O–H groups in total. The molecule has 1 fully saturated rings. The zero-order chi connectivity index (χ0) is 14.5. The van der Waals surface area contributed by atoms with Crippen LogP contribution in [0.3, 0.4) is 0 Å². The fourth-order valence-electron chi connectivity index (χ4n) is 2.41. The zero-order valence-electron chi connectivity index (χ0n) is 12.1. The quantitative estimate of drug-likeness (QED) is 0.916. The van der Waals surface area contributed by atoms with Gasteiger partial charge in [-0.1, -0.05) is 6.92 Å². The minimum absolute atomic E-state index is 0.0558. The van der Waals surface area contributed by atoms with E-state index in [1.54, 1.807) is 11.0 Å². The molecule has 5 heteroatoms. The number of nitrogens with one attached hydrogen (secondary N) is 1. The van der Waals surface area contributed by atoms with Crippen molar-refractivity contribution in [1.29, 1.82) is 0 Å². The summed E-state index contributed by atoms with van der Waals surface area (Å²) in [4.78, 5) is 26.1. The second kappa shape index (κ2) is 6.59. The number of furan rings is 1. The van der Waals surface area contributed by atoms with Gasteiger partial charge in [0.05, 0.1) is 17.7 Å². The molecule has 1 saturated heterocycles. The van der Waals surface area contributed by atoms with Crippen molar-refractivity contribution in [2.24, 2.45) is 5.92 Å². The highest BCUT2D eigenvalue weighted by atomic mass is 16.3. The van der Waals surface area contributed by atoms with Gasteiger partial charge in [-0.25, -0.2) is 0 Å². The molecule has 5 nitrogen and oxygen atoms in total. The van der Waals surface area contributed by atoms with Crippen LogP contribution in [0.25, 0.3) is 0 Å². The molecule has 2 atom stereocenters. The largest absolute Gasteiger partial charge is 0.472 e. The second-order valence-electron chi connectivity index (χ2n) is 5.42. The molecule has 0 saturated carbocycles. The number of hydrogen-bond donors (Lipinski definition) is 1. The maximum Gasteiger partial charge on any atom is 0.257 e. The van der Waals surface area contributed by atoms with Crippen molar-refractivity contribution < 1.29 is 14.0 Å². The van der Waals surface area contributed by atoms with E-state index in [2.05, 4.69) is 5.32 Å². The van der Waals surface area contributed by atoms with Crippen LogP contribution in [0.1, 0.15) is 43.5 Å². The van der Waals surface area contributed by atoms with E-state index in [0.717, 1.165) is 19.3 Å². The monoisotopic (exact) mass is 278 g/mol. The van der Waals surface area contributed by atoms with Crippen LogP contribution < -0.4 is 5.32 Å². The first-order chi connectivity index (χ1) is 9.61. The van der Waals surface area contributed by atoms with Gasteiger partial charge in [0.2, 0.25) is 5.91 Å². The molecule has 0 aliphatic carbocycles. The van der Waals surface area contributed by atoms with Crippen LogP contribution in [0.4, 0.5) is 0 Å². The molecule has 2 rings (SSSR count). The molecule has 1 aromatic rings. The summed E-state index contributed by atoms with van der Waals surface area (Å²) in [6, 6.07) is 1.84. The number of hydrogen-bond acceptors (Lipinski definition) is 3. The van der Waals surface area contributed by atoms with Crippen LogP contribution >= 0.6 is 0 Å². The summed E-state index contributed by atoms with van der Waals surface area (Å²) in [5, 5.41) is 3.00. The second-order valence-corrected chi connectivity index (χ2v) is 5.42. The minimum Gasteiger partial charge on any atom is -0.472 e. The highest BCUT2D eigenvalue weighted by Crippen LogP contribution is 2.19. The summed E-state index contributed by atoms with van der Waals surface area (Å²) in [7, 11) is 0. The van der Waals surface area contributed by atoms with Gasteiger partial charge < -0.3 is 14.6 Å². The Morgan fingerprint density at radius 1 is 1.55 bits per heavy atom. The third-order valence-electron chi connectivity index (χ3n) is 3.85. The van der Waals surface area contributed by atoms with Gasteiger partial charge in [-0.2, -0.15) is 0 Å². The number of nitrogens with zero attached hydrogens (tertiary/aromatic N) is 1. The molecule has 0 bridgehead atoms. The summed E-state index contributed by atoms with van der Waals surface area (Å²) in [6.07, 6.45) is 5.56. The van der Waals surface area contributed by atoms with Crippen LogP contribution in [0, 0.1) is 5.92 Å². The standard InChI is InChI=1S/C15H22N2O3/c1-3-11(2)16-14(18)12-5-4-7-17(9-12)15(19)13-6-8-20-10-13/h6,8,10-12H,3-5,7,9H2,1-2H3,(H,16,18)/t11-,12-/m1/s1. The lowest BCUT2D eigenvalue weighted by Gasteiger charge is -2.32. The molecular weight excluding hydrogens is 256 g/mol. The van der Waals surface area contributed by atoms with Gasteiger partial charge in [0.1, 0.15) is 6.26 Å². The number of carbonyl (C=O) groups excluding carboxylic acids is 2. The van der Waals surface area contributed by atoms with Crippen molar-refractivity contribution in [3.63, 3.8) is 0 Å². The number of amides is 2. The highest BCUT2D eigenvalue weighted by Gasteiger charge is 2.29. The summed E-state index contributed by atoms with van der Waals surface area (Å²) in [5.41, 5.74) is 0.549. The van der Waals surface area contributed by atoms with E-state index < -0.39 is 0 Å². The molecule has 1 aliphatic heterocycles. The van der Waals surface area contributed by atoms with Gasteiger partial charge in [0, 0.05) is 19.1 Å². The molecule has 0 radical (unpaired) electrons. The Balaban J connectivity index is 1.95. The van der Waals surface area contributed by atoms with Gasteiger partial charge in [-0.3, -0.25) is 9.59 Å². The third-order valence-corrected chi connectivity index (χ3v) is 3.85. The smallest absolute Gasteiger partial charge is 0.257 e. The highest BCUT2D eigenvalue weighted by molar-refractivity contribution is 5.94. The Labute approximate surface area is 119 Å². The van der Waals surface area contributed by atoms with Crippen molar-refractivity contribution in [2.75, 3.05) is 13.1 Å². The normalized spacial score (nSPS) is 20.5. The summed E-state index contributed by atoms with van der Waals surface area (Å²) >= 11 is 0. The van der Waals surface area contributed by atoms with Gasteiger partial charge in [0.15, 0.2) is 0 Å². The van der Waals surface area contributed by atoms with E-state index in [1.807, 2.05) is 13.8 Å². The van der Waals surface area contributed by atoms with Gasteiger partial charge in [0.25, 0.3) is 5.91 Å². The molecular formula is C15H22N2O3. The number of likely N-dealkylation sites (tertiary alicyclic amines) is 1. The van der Waals surface area contributed by atoms with E-state index in [1.165, 1.54) is 12.5 Å². The van der Waals surface area contributed by atoms with E-state index in [0.29, 0.717) is 18.7 Å². The SMILES string of the molecule is CC[C@@H](C)NC(=O)[C@@H]1CCCN(C(=O)c2ccoc2)C1. The lowest BCUT2D eigenvalue weighted by Crippen LogP contribution is -2.47. The van der Waals surface area contributed by atoms with Gasteiger partial charge >= 0.3 is 0 Å². The first kappa shape index (κ1) is 14.6. The molecule has 2 amide bonds. The first-order valence-electron chi connectivity index (χ1n) is 7.23. The Morgan fingerprint density at radius 2 is 2.35 bits per heavy atom. The van der Waals surface area contributed by atoms with Crippen LogP contribution in [0.5, 0.6) is 0 Å². The van der Waals surface area contributed by atoms with Gasteiger partial charge in [-0.05, 0) is 32.3 Å². The van der Waals surface area contributed by atoms with E-state index in [9.17, 15) is 9.59 Å².